The Balaban J connectivity index is 2.03. The van der Waals surface area contributed by atoms with Crippen LogP contribution in [0.1, 0.15) is 28.3 Å². The summed E-state index contributed by atoms with van der Waals surface area (Å²) in [4.78, 5) is 17.0. The normalized spacial score (nSPS) is 13.0. The molecular weight excluding hydrogens is 270 g/mol. The number of ether oxygens (including phenoxy) is 2. The minimum Gasteiger partial charge on any atom is -0.493 e. The number of nitrogen functional groups attached to an aromatic ring is 1. The number of rotatable bonds is 4. The third-order valence-corrected chi connectivity index (χ3v) is 3.72. The van der Waals surface area contributed by atoms with E-state index in [0.29, 0.717) is 28.6 Å². The Morgan fingerprint density at radius 3 is 2.76 bits per heavy atom. The van der Waals surface area contributed by atoms with Crippen LogP contribution in [0.5, 0.6) is 11.5 Å². The van der Waals surface area contributed by atoms with Gasteiger partial charge in [0.25, 0.3) is 0 Å². The number of methoxy groups -OCH3 is 2. The third-order valence-electron chi connectivity index (χ3n) is 3.72. The van der Waals surface area contributed by atoms with Crippen molar-refractivity contribution in [1.29, 1.82) is 0 Å². The van der Waals surface area contributed by atoms with Crippen molar-refractivity contribution in [1.82, 2.24) is 9.55 Å². The first-order valence-corrected chi connectivity index (χ1v) is 6.77. The fourth-order valence-electron chi connectivity index (χ4n) is 2.70. The molecule has 0 aliphatic carbocycles. The molecular formula is C15H17N3O3. The topological polar surface area (TPSA) is 79.4 Å². The Kier molecular flexibility index (Phi) is 3.29. The Bertz CT molecular complexity index is 706. The van der Waals surface area contributed by atoms with E-state index in [4.69, 9.17) is 15.2 Å². The largest absolute Gasteiger partial charge is 0.493 e. The van der Waals surface area contributed by atoms with Gasteiger partial charge in [0, 0.05) is 18.5 Å². The van der Waals surface area contributed by atoms with Crippen molar-refractivity contribution in [3.63, 3.8) is 0 Å². The van der Waals surface area contributed by atoms with Gasteiger partial charge in [-0.2, -0.15) is 0 Å². The maximum absolute atomic E-state index is 12.7. The second-order valence-electron chi connectivity index (χ2n) is 4.92. The zero-order valence-corrected chi connectivity index (χ0v) is 12.0. The summed E-state index contributed by atoms with van der Waals surface area (Å²) in [5.74, 6) is 2.14. The molecule has 1 aromatic heterocycles. The van der Waals surface area contributed by atoms with E-state index in [1.807, 2.05) is 4.57 Å². The van der Waals surface area contributed by atoms with Gasteiger partial charge in [-0.1, -0.05) is 0 Å². The van der Waals surface area contributed by atoms with Crippen LogP contribution in [0.25, 0.3) is 0 Å². The van der Waals surface area contributed by atoms with Gasteiger partial charge in [0.05, 0.1) is 14.2 Å². The molecule has 2 heterocycles. The van der Waals surface area contributed by atoms with E-state index in [2.05, 4.69) is 4.98 Å². The highest BCUT2D eigenvalue weighted by atomic mass is 16.5. The molecule has 2 aromatic rings. The van der Waals surface area contributed by atoms with Crippen LogP contribution in [0.4, 0.5) is 5.82 Å². The average molecular weight is 287 g/mol. The minimum atomic E-state index is -0.144. The smallest absolute Gasteiger partial charge is 0.213 e. The summed E-state index contributed by atoms with van der Waals surface area (Å²) in [6.45, 7) is 0.786. The maximum Gasteiger partial charge on any atom is 0.213 e. The molecule has 0 atom stereocenters. The number of aryl methyl sites for hydroxylation is 1. The molecule has 110 valence electrons. The minimum absolute atomic E-state index is 0.144. The molecule has 1 aliphatic heterocycles. The van der Waals surface area contributed by atoms with Gasteiger partial charge < -0.3 is 19.8 Å². The van der Waals surface area contributed by atoms with Gasteiger partial charge in [0.2, 0.25) is 5.78 Å². The monoisotopic (exact) mass is 287 g/mol. The van der Waals surface area contributed by atoms with Gasteiger partial charge >= 0.3 is 0 Å². The van der Waals surface area contributed by atoms with E-state index in [1.165, 1.54) is 7.11 Å². The SMILES string of the molecule is COc1ccc(C(=O)c2c(N)nc3n2CCC3)cc1OC. The van der Waals surface area contributed by atoms with Crippen LogP contribution in [0.2, 0.25) is 0 Å². The fourth-order valence-corrected chi connectivity index (χ4v) is 2.70. The Labute approximate surface area is 122 Å². The van der Waals surface area contributed by atoms with Gasteiger partial charge in [-0.25, -0.2) is 4.98 Å². The van der Waals surface area contributed by atoms with Crippen LogP contribution < -0.4 is 15.2 Å². The van der Waals surface area contributed by atoms with Gasteiger partial charge in [-0.15, -0.1) is 0 Å². The van der Waals surface area contributed by atoms with E-state index >= 15 is 0 Å². The standard InChI is InChI=1S/C15H17N3O3/c1-20-10-6-5-9(8-11(10)21-2)14(19)13-15(16)17-12-4-3-7-18(12)13/h5-6,8H,3-4,7,16H2,1-2H3. The van der Waals surface area contributed by atoms with Crippen molar-refractivity contribution in [3.8, 4) is 11.5 Å². The third kappa shape index (κ3) is 2.12. The molecule has 0 saturated carbocycles. The van der Waals surface area contributed by atoms with Crippen LogP contribution in [0, 0.1) is 0 Å². The predicted molar refractivity (Wildman–Crippen MR) is 77.9 cm³/mol. The molecule has 0 fully saturated rings. The number of hydrogen-bond donors (Lipinski definition) is 1. The van der Waals surface area contributed by atoms with Crippen molar-refractivity contribution < 1.29 is 14.3 Å². The van der Waals surface area contributed by atoms with Crippen molar-refractivity contribution in [2.75, 3.05) is 20.0 Å². The molecule has 1 aliphatic rings. The van der Waals surface area contributed by atoms with Crippen molar-refractivity contribution in [2.45, 2.75) is 19.4 Å². The summed E-state index contributed by atoms with van der Waals surface area (Å²) in [7, 11) is 3.10. The molecule has 0 saturated heterocycles. The van der Waals surface area contributed by atoms with Crippen LogP contribution in [-0.4, -0.2) is 29.6 Å². The first-order chi connectivity index (χ1) is 10.2. The number of hydrogen-bond acceptors (Lipinski definition) is 5. The molecule has 0 amide bonds. The summed E-state index contributed by atoms with van der Waals surface area (Å²) in [6, 6.07) is 5.08. The molecule has 0 bridgehead atoms. The van der Waals surface area contributed by atoms with Gasteiger partial charge in [-0.05, 0) is 24.6 Å². The van der Waals surface area contributed by atoms with Gasteiger partial charge in [0.1, 0.15) is 11.5 Å². The highest BCUT2D eigenvalue weighted by molar-refractivity contribution is 6.11. The second kappa shape index (κ2) is 5.12. The number of nitrogens with zero attached hydrogens (tertiary/aromatic N) is 2. The summed E-state index contributed by atoms with van der Waals surface area (Å²) >= 11 is 0. The molecule has 0 unspecified atom stereocenters. The molecule has 6 nitrogen and oxygen atoms in total. The molecule has 6 heteroatoms. The van der Waals surface area contributed by atoms with E-state index < -0.39 is 0 Å². The number of ketones is 1. The lowest BCUT2D eigenvalue weighted by atomic mass is 10.1. The number of anilines is 1. The fraction of sp³-hybridized carbons (Fsp3) is 0.333. The Morgan fingerprint density at radius 1 is 1.29 bits per heavy atom. The molecule has 2 N–H and O–H groups in total. The number of aromatic nitrogens is 2. The number of carbonyl (C=O) groups is 1. The first kappa shape index (κ1) is 13.5. The lowest BCUT2D eigenvalue weighted by Gasteiger charge is -2.10. The number of nitrogens with two attached hydrogens (primary N) is 1. The number of carbonyl (C=O) groups excluding carboxylic acids is 1. The van der Waals surface area contributed by atoms with Crippen LogP contribution >= 0.6 is 0 Å². The van der Waals surface area contributed by atoms with Crippen molar-refractivity contribution in [3.05, 3.63) is 35.3 Å². The summed E-state index contributed by atoms with van der Waals surface area (Å²) in [5.41, 5.74) is 6.88. The molecule has 21 heavy (non-hydrogen) atoms. The van der Waals surface area contributed by atoms with E-state index in [9.17, 15) is 4.79 Å². The molecule has 1 aromatic carbocycles. The summed E-state index contributed by atoms with van der Waals surface area (Å²) < 4.78 is 12.3. The van der Waals surface area contributed by atoms with Crippen LogP contribution in [0.3, 0.4) is 0 Å². The Morgan fingerprint density at radius 2 is 2.05 bits per heavy atom. The lowest BCUT2D eigenvalue weighted by molar-refractivity contribution is 0.103. The van der Waals surface area contributed by atoms with E-state index in [1.54, 1.807) is 25.3 Å². The van der Waals surface area contributed by atoms with Gasteiger partial charge in [-0.3, -0.25) is 4.79 Å². The summed E-state index contributed by atoms with van der Waals surface area (Å²) in [5, 5.41) is 0. The molecule has 0 radical (unpaired) electrons. The summed E-state index contributed by atoms with van der Waals surface area (Å²) in [6.07, 6.45) is 1.86. The predicted octanol–water partition coefficient (Wildman–Crippen LogP) is 1.66. The number of fused-ring (bicyclic) bond motifs is 1. The van der Waals surface area contributed by atoms with E-state index in [0.717, 1.165) is 25.2 Å². The lowest BCUT2D eigenvalue weighted by Crippen LogP contribution is -2.11. The van der Waals surface area contributed by atoms with Crippen LogP contribution in [-0.2, 0) is 13.0 Å². The zero-order chi connectivity index (χ0) is 15.0. The zero-order valence-electron chi connectivity index (χ0n) is 12.0. The highest BCUT2D eigenvalue weighted by Crippen LogP contribution is 2.30. The first-order valence-electron chi connectivity index (χ1n) is 6.77. The quantitative estimate of drug-likeness (QED) is 0.865. The average Bonchev–Trinajstić information content (AvgIpc) is 3.05. The number of benzene rings is 1. The molecule has 0 spiro atoms. The number of imidazole rings is 1. The van der Waals surface area contributed by atoms with Gasteiger partial charge in [0.15, 0.2) is 17.3 Å². The van der Waals surface area contributed by atoms with Crippen molar-refractivity contribution in [2.24, 2.45) is 0 Å². The Hall–Kier alpha value is -2.50. The maximum atomic E-state index is 12.7. The second-order valence-corrected chi connectivity index (χ2v) is 4.92. The van der Waals surface area contributed by atoms with Crippen molar-refractivity contribution >= 4 is 11.6 Å². The molecule has 3 rings (SSSR count). The van der Waals surface area contributed by atoms with E-state index in [-0.39, 0.29) is 5.78 Å². The van der Waals surface area contributed by atoms with Crippen LogP contribution in [0.15, 0.2) is 18.2 Å². The highest BCUT2D eigenvalue weighted by Gasteiger charge is 2.25.